The first-order chi connectivity index (χ1) is 9.87. The Morgan fingerprint density at radius 3 is 2.67 bits per heavy atom. The Hall–Kier alpha value is -1.09. The predicted molar refractivity (Wildman–Crippen MR) is 73.0 cm³/mol. The summed E-state index contributed by atoms with van der Waals surface area (Å²) >= 11 is 0. The highest BCUT2D eigenvalue weighted by molar-refractivity contribution is 7.89. The lowest BCUT2D eigenvalue weighted by atomic mass is 10.2. The molecule has 1 aromatic rings. The van der Waals surface area contributed by atoms with E-state index in [1.165, 1.54) is 0 Å². The molecule has 1 aromatic carbocycles. The second-order valence-corrected chi connectivity index (χ2v) is 6.77. The number of hydrogen-bond acceptors (Lipinski definition) is 4. The molecule has 0 radical (unpaired) electrons. The maximum absolute atomic E-state index is 13.8. The molecule has 2 unspecified atom stereocenters. The number of ether oxygens (including phenoxy) is 1. The zero-order chi connectivity index (χ0) is 15.6. The Kier molecular flexibility index (Phi) is 4.92. The van der Waals surface area contributed by atoms with Crippen molar-refractivity contribution in [1.29, 1.82) is 0 Å². The minimum atomic E-state index is -4.14. The summed E-state index contributed by atoms with van der Waals surface area (Å²) in [6, 6.07) is 1.61. The Labute approximate surface area is 122 Å². The molecule has 2 atom stereocenters. The molecule has 2 rings (SSSR count). The average Bonchev–Trinajstić information content (AvgIpc) is 2.88. The molecule has 8 heteroatoms. The molecule has 3 N–H and O–H groups in total. The molecule has 0 heterocycles. The van der Waals surface area contributed by atoms with Crippen LogP contribution in [0.1, 0.15) is 24.8 Å². The number of benzene rings is 1. The molecule has 0 amide bonds. The van der Waals surface area contributed by atoms with Gasteiger partial charge in [0.2, 0.25) is 10.0 Å². The first-order valence-corrected chi connectivity index (χ1v) is 8.08. The quantitative estimate of drug-likeness (QED) is 0.856. The fourth-order valence-electron chi connectivity index (χ4n) is 2.47. The zero-order valence-electron chi connectivity index (χ0n) is 11.6. The summed E-state index contributed by atoms with van der Waals surface area (Å²) in [6.07, 6.45) is 1.81. The lowest BCUT2D eigenvalue weighted by Gasteiger charge is -2.14. The maximum Gasteiger partial charge on any atom is 0.243 e. The van der Waals surface area contributed by atoms with Crippen molar-refractivity contribution in [3.8, 4) is 0 Å². The van der Waals surface area contributed by atoms with E-state index < -0.39 is 26.6 Å². The number of nitrogens with two attached hydrogens (primary N) is 1. The smallest absolute Gasteiger partial charge is 0.243 e. The second-order valence-electron chi connectivity index (χ2n) is 5.08. The number of hydrogen-bond donors (Lipinski definition) is 2. The van der Waals surface area contributed by atoms with E-state index in [9.17, 15) is 17.2 Å². The summed E-state index contributed by atoms with van der Waals surface area (Å²) in [5.41, 5.74) is 5.58. The van der Waals surface area contributed by atoms with E-state index in [0.717, 1.165) is 18.6 Å². The molecule has 1 aliphatic carbocycles. The molecule has 0 saturated heterocycles. The Bertz CT molecular complexity index is 622. The van der Waals surface area contributed by atoms with E-state index in [1.807, 2.05) is 0 Å². The van der Waals surface area contributed by atoms with Crippen LogP contribution >= 0.6 is 0 Å². The summed E-state index contributed by atoms with van der Waals surface area (Å²) in [7, 11) is -2.58. The van der Waals surface area contributed by atoms with Gasteiger partial charge in [-0.2, -0.15) is 0 Å². The first-order valence-electron chi connectivity index (χ1n) is 6.60. The van der Waals surface area contributed by atoms with Gasteiger partial charge in [-0.3, -0.25) is 0 Å². The Balaban J connectivity index is 2.26. The molecule has 118 valence electrons. The van der Waals surface area contributed by atoms with Crippen molar-refractivity contribution in [2.45, 2.75) is 42.8 Å². The molecule has 21 heavy (non-hydrogen) atoms. The highest BCUT2D eigenvalue weighted by atomic mass is 32.2. The Morgan fingerprint density at radius 1 is 1.38 bits per heavy atom. The van der Waals surface area contributed by atoms with Crippen LogP contribution in [-0.4, -0.2) is 27.7 Å². The molecular weight excluding hydrogens is 302 g/mol. The van der Waals surface area contributed by atoms with Gasteiger partial charge in [0.1, 0.15) is 4.90 Å². The van der Waals surface area contributed by atoms with Crippen molar-refractivity contribution in [2.24, 2.45) is 5.73 Å². The van der Waals surface area contributed by atoms with Crippen molar-refractivity contribution in [2.75, 3.05) is 7.11 Å². The van der Waals surface area contributed by atoms with Crippen LogP contribution in [0.25, 0.3) is 0 Å². The van der Waals surface area contributed by atoms with Gasteiger partial charge in [0.05, 0.1) is 6.10 Å². The topological polar surface area (TPSA) is 81.4 Å². The van der Waals surface area contributed by atoms with Crippen LogP contribution in [0.15, 0.2) is 17.0 Å². The van der Waals surface area contributed by atoms with E-state index in [4.69, 9.17) is 10.5 Å². The largest absolute Gasteiger partial charge is 0.381 e. The SMILES string of the molecule is COC1CCC(NS(=O)(=O)c2cc(CN)cc(F)c2F)C1. The summed E-state index contributed by atoms with van der Waals surface area (Å²) < 4.78 is 59.2. The maximum atomic E-state index is 13.8. The standard InChI is InChI=1S/C13H18F2N2O3S/c1-20-10-3-2-9(6-10)17-21(18,19)12-5-8(7-16)4-11(14)13(12)15/h4-5,9-10,17H,2-3,6-7,16H2,1H3. The first kappa shape index (κ1) is 16.3. The molecule has 0 aliphatic heterocycles. The van der Waals surface area contributed by atoms with E-state index >= 15 is 0 Å². The second kappa shape index (κ2) is 6.35. The number of methoxy groups -OCH3 is 1. The van der Waals surface area contributed by atoms with Crippen molar-refractivity contribution in [3.05, 3.63) is 29.3 Å². The summed E-state index contributed by atoms with van der Waals surface area (Å²) in [5, 5.41) is 0. The minimum absolute atomic E-state index is 0.0188. The van der Waals surface area contributed by atoms with E-state index in [0.29, 0.717) is 12.8 Å². The molecule has 5 nitrogen and oxygen atoms in total. The van der Waals surface area contributed by atoms with Crippen LogP contribution in [0.5, 0.6) is 0 Å². The van der Waals surface area contributed by atoms with Crippen LogP contribution in [-0.2, 0) is 21.3 Å². The van der Waals surface area contributed by atoms with Gasteiger partial charge in [-0.05, 0) is 37.0 Å². The van der Waals surface area contributed by atoms with Gasteiger partial charge in [0.25, 0.3) is 0 Å². The lowest BCUT2D eigenvalue weighted by Crippen LogP contribution is -2.34. The molecule has 1 fully saturated rings. The summed E-state index contributed by atoms with van der Waals surface area (Å²) in [5.74, 6) is -2.61. The third-order valence-corrected chi connectivity index (χ3v) is 5.14. The normalized spacial score (nSPS) is 22.7. The van der Waals surface area contributed by atoms with E-state index in [2.05, 4.69) is 4.72 Å². The van der Waals surface area contributed by atoms with Gasteiger partial charge in [0.15, 0.2) is 11.6 Å². The van der Waals surface area contributed by atoms with Gasteiger partial charge in [-0.25, -0.2) is 21.9 Å². The number of halogens is 2. The van der Waals surface area contributed by atoms with Crippen molar-refractivity contribution >= 4 is 10.0 Å². The van der Waals surface area contributed by atoms with Crippen LogP contribution in [0.3, 0.4) is 0 Å². The Morgan fingerprint density at radius 2 is 2.10 bits per heavy atom. The van der Waals surface area contributed by atoms with Crippen LogP contribution in [0.4, 0.5) is 8.78 Å². The zero-order valence-corrected chi connectivity index (χ0v) is 12.4. The van der Waals surface area contributed by atoms with E-state index in [1.54, 1.807) is 7.11 Å². The molecule has 0 spiro atoms. The third kappa shape index (κ3) is 3.57. The molecule has 1 saturated carbocycles. The summed E-state index contributed by atoms with van der Waals surface area (Å²) in [4.78, 5) is -0.705. The van der Waals surface area contributed by atoms with Gasteiger partial charge in [-0.1, -0.05) is 0 Å². The molecule has 0 bridgehead atoms. The van der Waals surface area contributed by atoms with Gasteiger partial charge in [-0.15, -0.1) is 0 Å². The third-order valence-electron chi connectivity index (χ3n) is 3.62. The highest BCUT2D eigenvalue weighted by Gasteiger charge is 2.30. The van der Waals surface area contributed by atoms with Gasteiger partial charge in [0, 0.05) is 19.7 Å². The van der Waals surface area contributed by atoms with Crippen LogP contribution < -0.4 is 10.5 Å². The number of rotatable bonds is 5. The van der Waals surface area contributed by atoms with Crippen molar-refractivity contribution < 1.29 is 21.9 Å². The molecular formula is C13H18F2N2O3S. The fourth-order valence-corrected chi connectivity index (χ4v) is 3.89. The monoisotopic (exact) mass is 320 g/mol. The minimum Gasteiger partial charge on any atom is -0.381 e. The van der Waals surface area contributed by atoms with Crippen molar-refractivity contribution in [3.63, 3.8) is 0 Å². The van der Waals surface area contributed by atoms with Crippen molar-refractivity contribution in [1.82, 2.24) is 4.72 Å². The van der Waals surface area contributed by atoms with Crippen LogP contribution in [0.2, 0.25) is 0 Å². The molecule has 1 aliphatic rings. The number of sulfonamides is 1. The average molecular weight is 320 g/mol. The number of nitrogens with one attached hydrogen (secondary N) is 1. The highest BCUT2D eigenvalue weighted by Crippen LogP contribution is 2.25. The molecule has 0 aromatic heterocycles. The van der Waals surface area contributed by atoms with E-state index in [-0.39, 0.29) is 24.3 Å². The van der Waals surface area contributed by atoms with Gasteiger partial charge >= 0.3 is 0 Å². The van der Waals surface area contributed by atoms with Crippen LogP contribution in [0, 0.1) is 11.6 Å². The predicted octanol–water partition coefficient (Wildman–Crippen LogP) is 1.27. The summed E-state index contributed by atoms with van der Waals surface area (Å²) in [6.45, 7) is -0.0745. The van der Waals surface area contributed by atoms with Gasteiger partial charge < -0.3 is 10.5 Å². The fraction of sp³-hybridized carbons (Fsp3) is 0.538. The lowest BCUT2D eigenvalue weighted by molar-refractivity contribution is 0.107.